The fourth-order valence-corrected chi connectivity index (χ4v) is 3.14. The van der Waals surface area contributed by atoms with E-state index in [-0.39, 0.29) is 11.9 Å². The zero-order chi connectivity index (χ0) is 16.9. The number of urea groups is 1. The van der Waals surface area contributed by atoms with Gasteiger partial charge in [-0.15, -0.1) is 0 Å². The van der Waals surface area contributed by atoms with Crippen molar-refractivity contribution in [2.24, 2.45) is 0 Å². The summed E-state index contributed by atoms with van der Waals surface area (Å²) in [6, 6.07) is 5.98. The molecule has 2 heterocycles. The van der Waals surface area contributed by atoms with Gasteiger partial charge in [-0.3, -0.25) is 4.79 Å². The predicted molar refractivity (Wildman–Crippen MR) is 91.2 cm³/mol. The van der Waals surface area contributed by atoms with E-state index in [2.05, 4.69) is 11.4 Å². The van der Waals surface area contributed by atoms with Gasteiger partial charge in [-0.05, 0) is 23.6 Å². The molecule has 1 fully saturated rings. The van der Waals surface area contributed by atoms with E-state index in [9.17, 15) is 9.59 Å². The van der Waals surface area contributed by atoms with Crippen LogP contribution in [0.5, 0.6) is 5.75 Å². The molecule has 3 rings (SSSR count). The van der Waals surface area contributed by atoms with Crippen LogP contribution in [0, 0.1) is 0 Å². The molecular weight excluding hydrogens is 306 g/mol. The Balaban J connectivity index is 1.49. The Morgan fingerprint density at radius 2 is 1.92 bits per heavy atom. The Morgan fingerprint density at radius 3 is 2.67 bits per heavy atom. The lowest BCUT2D eigenvalue weighted by Gasteiger charge is -2.34. The van der Waals surface area contributed by atoms with Crippen LogP contribution in [0.15, 0.2) is 18.2 Å². The fraction of sp³-hybridized carbons (Fsp3) is 0.556. The van der Waals surface area contributed by atoms with E-state index in [0.29, 0.717) is 39.1 Å². The highest BCUT2D eigenvalue weighted by Crippen LogP contribution is 2.26. The number of nitrogens with one attached hydrogen (secondary N) is 1. The van der Waals surface area contributed by atoms with E-state index >= 15 is 0 Å². The highest BCUT2D eigenvalue weighted by molar-refractivity contribution is 5.80. The minimum atomic E-state index is -0.0254. The molecule has 1 saturated heterocycles. The number of hydrogen-bond donors (Lipinski definition) is 1. The first-order valence-corrected chi connectivity index (χ1v) is 8.72. The Kier molecular flexibility index (Phi) is 5.23. The van der Waals surface area contributed by atoms with Gasteiger partial charge >= 0.3 is 6.03 Å². The van der Waals surface area contributed by atoms with Crippen LogP contribution >= 0.6 is 0 Å². The van der Waals surface area contributed by atoms with Crippen molar-refractivity contribution in [1.29, 1.82) is 0 Å². The van der Waals surface area contributed by atoms with Crippen LogP contribution in [0.1, 0.15) is 24.5 Å². The molecule has 6 heteroatoms. The summed E-state index contributed by atoms with van der Waals surface area (Å²) < 4.78 is 5.50. The average Bonchev–Trinajstić information content (AvgIpc) is 3.07. The highest BCUT2D eigenvalue weighted by Gasteiger charge is 2.24. The highest BCUT2D eigenvalue weighted by atomic mass is 16.5. The van der Waals surface area contributed by atoms with Gasteiger partial charge in [0.25, 0.3) is 0 Å². The molecule has 0 spiro atoms. The van der Waals surface area contributed by atoms with E-state index in [0.717, 1.165) is 30.8 Å². The summed E-state index contributed by atoms with van der Waals surface area (Å²) in [6.07, 6.45) is 2.26. The standard InChI is InChI=1S/C18H25N3O3/c1-2-6-19-18(23)21-9-7-20(8-10-21)17(22)13-14-3-4-16-15(12-14)5-11-24-16/h3-4,12H,2,5-11,13H2,1H3,(H,19,23). The van der Waals surface area contributed by atoms with Crippen LogP contribution in [-0.2, 0) is 17.6 Å². The van der Waals surface area contributed by atoms with Crippen molar-refractivity contribution < 1.29 is 14.3 Å². The molecule has 3 amide bonds. The summed E-state index contributed by atoms with van der Waals surface area (Å²) in [7, 11) is 0. The number of rotatable bonds is 4. The summed E-state index contributed by atoms with van der Waals surface area (Å²) in [5, 5.41) is 2.88. The maximum atomic E-state index is 12.5. The van der Waals surface area contributed by atoms with Crippen LogP contribution in [0.2, 0.25) is 0 Å². The molecule has 0 unspecified atom stereocenters. The number of ether oxygens (including phenoxy) is 1. The summed E-state index contributed by atoms with van der Waals surface area (Å²) in [5.74, 6) is 1.07. The smallest absolute Gasteiger partial charge is 0.317 e. The Morgan fingerprint density at radius 1 is 1.17 bits per heavy atom. The SMILES string of the molecule is CCCNC(=O)N1CCN(C(=O)Cc2ccc3c(c2)CCO3)CC1. The van der Waals surface area contributed by atoms with Gasteiger partial charge in [0, 0.05) is 39.1 Å². The number of carbonyl (C=O) groups is 2. The van der Waals surface area contributed by atoms with Crippen molar-refractivity contribution in [1.82, 2.24) is 15.1 Å². The number of carbonyl (C=O) groups excluding carboxylic acids is 2. The molecule has 0 atom stereocenters. The molecule has 0 bridgehead atoms. The lowest BCUT2D eigenvalue weighted by molar-refractivity contribution is -0.131. The summed E-state index contributed by atoms with van der Waals surface area (Å²) in [6.45, 7) is 5.86. The number of nitrogens with zero attached hydrogens (tertiary/aromatic N) is 2. The molecule has 0 saturated carbocycles. The van der Waals surface area contributed by atoms with Gasteiger partial charge in [0.05, 0.1) is 13.0 Å². The molecule has 1 aromatic rings. The van der Waals surface area contributed by atoms with Crippen LogP contribution in [0.4, 0.5) is 4.79 Å². The quantitative estimate of drug-likeness (QED) is 0.908. The first kappa shape index (κ1) is 16.6. The minimum absolute atomic E-state index is 0.0254. The van der Waals surface area contributed by atoms with Crippen LogP contribution in [0.3, 0.4) is 0 Å². The molecule has 2 aliphatic rings. The third-order valence-corrected chi connectivity index (χ3v) is 4.56. The lowest BCUT2D eigenvalue weighted by Crippen LogP contribution is -2.53. The zero-order valence-electron chi connectivity index (χ0n) is 14.2. The fourth-order valence-electron chi connectivity index (χ4n) is 3.14. The third-order valence-electron chi connectivity index (χ3n) is 4.56. The number of piperazine rings is 1. The second kappa shape index (κ2) is 7.55. The number of hydrogen-bond acceptors (Lipinski definition) is 3. The Bertz CT molecular complexity index is 610. The maximum absolute atomic E-state index is 12.5. The van der Waals surface area contributed by atoms with Gasteiger partial charge in [0.1, 0.15) is 5.75 Å². The molecule has 24 heavy (non-hydrogen) atoms. The van der Waals surface area contributed by atoms with E-state index in [1.165, 1.54) is 5.56 Å². The molecule has 6 nitrogen and oxygen atoms in total. The molecular formula is C18H25N3O3. The lowest BCUT2D eigenvalue weighted by atomic mass is 10.1. The van der Waals surface area contributed by atoms with Gasteiger partial charge in [-0.1, -0.05) is 19.1 Å². The van der Waals surface area contributed by atoms with Gasteiger partial charge in [0.15, 0.2) is 0 Å². The van der Waals surface area contributed by atoms with Crippen molar-refractivity contribution in [3.8, 4) is 5.75 Å². The van der Waals surface area contributed by atoms with Crippen molar-refractivity contribution in [3.63, 3.8) is 0 Å². The van der Waals surface area contributed by atoms with Crippen molar-refractivity contribution in [3.05, 3.63) is 29.3 Å². The number of amides is 3. The van der Waals surface area contributed by atoms with Crippen molar-refractivity contribution in [2.45, 2.75) is 26.2 Å². The summed E-state index contributed by atoms with van der Waals surface area (Å²) >= 11 is 0. The zero-order valence-corrected chi connectivity index (χ0v) is 14.2. The van der Waals surface area contributed by atoms with Gasteiger partial charge < -0.3 is 19.9 Å². The van der Waals surface area contributed by atoms with Crippen molar-refractivity contribution >= 4 is 11.9 Å². The monoisotopic (exact) mass is 331 g/mol. The first-order chi connectivity index (χ1) is 11.7. The molecule has 1 N–H and O–H groups in total. The van der Waals surface area contributed by atoms with E-state index in [1.807, 2.05) is 24.0 Å². The van der Waals surface area contributed by atoms with Crippen molar-refractivity contribution in [2.75, 3.05) is 39.3 Å². The maximum Gasteiger partial charge on any atom is 0.317 e. The topological polar surface area (TPSA) is 61.9 Å². The van der Waals surface area contributed by atoms with Gasteiger partial charge in [-0.2, -0.15) is 0 Å². The second-order valence-corrected chi connectivity index (χ2v) is 6.32. The summed E-state index contributed by atoms with van der Waals surface area (Å²) in [5.41, 5.74) is 2.23. The Labute approximate surface area is 142 Å². The number of benzene rings is 1. The van der Waals surface area contributed by atoms with Gasteiger partial charge in [-0.25, -0.2) is 4.79 Å². The molecule has 0 aromatic heterocycles. The average molecular weight is 331 g/mol. The predicted octanol–water partition coefficient (Wildman–Crippen LogP) is 1.43. The summed E-state index contributed by atoms with van der Waals surface area (Å²) in [4.78, 5) is 28.1. The third kappa shape index (κ3) is 3.80. The molecule has 0 aliphatic carbocycles. The number of fused-ring (bicyclic) bond motifs is 1. The molecule has 1 aromatic carbocycles. The van der Waals surface area contributed by atoms with E-state index < -0.39 is 0 Å². The molecule has 2 aliphatic heterocycles. The second-order valence-electron chi connectivity index (χ2n) is 6.32. The minimum Gasteiger partial charge on any atom is -0.493 e. The van der Waals surface area contributed by atoms with E-state index in [1.54, 1.807) is 4.90 Å². The van der Waals surface area contributed by atoms with Gasteiger partial charge in [0.2, 0.25) is 5.91 Å². The van der Waals surface area contributed by atoms with Crippen LogP contribution in [0.25, 0.3) is 0 Å². The first-order valence-electron chi connectivity index (χ1n) is 8.72. The largest absolute Gasteiger partial charge is 0.493 e. The normalized spacial score (nSPS) is 16.5. The Hall–Kier alpha value is -2.24. The molecule has 0 radical (unpaired) electrons. The van der Waals surface area contributed by atoms with Crippen LogP contribution < -0.4 is 10.1 Å². The molecule has 130 valence electrons. The van der Waals surface area contributed by atoms with E-state index in [4.69, 9.17) is 4.74 Å². The van der Waals surface area contributed by atoms with Crippen LogP contribution in [-0.4, -0.2) is 61.1 Å².